The van der Waals surface area contributed by atoms with Gasteiger partial charge < -0.3 is 5.32 Å². The quantitative estimate of drug-likeness (QED) is 0.817. The summed E-state index contributed by atoms with van der Waals surface area (Å²) in [4.78, 5) is 17.2. The molecule has 1 amide bonds. The number of thioether (sulfide) groups is 1. The summed E-state index contributed by atoms with van der Waals surface area (Å²) in [6, 6.07) is 5.91. The Balaban J connectivity index is 1.95. The fourth-order valence-corrected chi connectivity index (χ4v) is 2.15. The molecule has 6 heteroatoms. The van der Waals surface area contributed by atoms with E-state index in [9.17, 15) is 4.79 Å². The van der Waals surface area contributed by atoms with Crippen molar-refractivity contribution in [3.63, 3.8) is 0 Å². The molecule has 1 aromatic carbocycles. The number of nitrogens with zero attached hydrogens (tertiary/aromatic N) is 2. The van der Waals surface area contributed by atoms with E-state index in [1.807, 2.05) is 31.4 Å². The fourth-order valence-electron chi connectivity index (χ4n) is 1.71. The van der Waals surface area contributed by atoms with Crippen LogP contribution in [0.4, 0.5) is 0 Å². The fraction of sp³-hybridized carbons (Fsp3) is 0.308. The van der Waals surface area contributed by atoms with Crippen molar-refractivity contribution in [1.82, 2.24) is 20.5 Å². The van der Waals surface area contributed by atoms with Crippen LogP contribution < -0.4 is 5.32 Å². The highest BCUT2D eigenvalue weighted by molar-refractivity contribution is 7.98. The van der Waals surface area contributed by atoms with E-state index in [1.54, 1.807) is 11.8 Å². The number of aryl methyl sites for hydroxylation is 1. The average Bonchev–Trinajstić information content (AvgIpc) is 2.92. The Bertz CT molecular complexity index is 554. The number of rotatable bonds is 5. The van der Waals surface area contributed by atoms with Crippen LogP contribution >= 0.6 is 11.8 Å². The highest BCUT2D eigenvalue weighted by Crippen LogP contribution is 2.18. The first-order valence-electron chi connectivity index (χ1n) is 5.98. The average molecular weight is 276 g/mol. The number of H-pyrrole nitrogens is 1. The van der Waals surface area contributed by atoms with Gasteiger partial charge in [0.05, 0.1) is 0 Å². The molecular weight excluding hydrogens is 260 g/mol. The van der Waals surface area contributed by atoms with E-state index in [0.29, 0.717) is 13.0 Å². The van der Waals surface area contributed by atoms with Gasteiger partial charge in [-0.05, 0) is 30.9 Å². The normalized spacial score (nSPS) is 10.4. The van der Waals surface area contributed by atoms with Crippen molar-refractivity contribution in [3.8, 4) is 0 Å². The molecule has 0 atom stereocenters. The van der Waals surface area contributed by atoms with Crippen LogP contribution in [-0.4, -0.2) is 33.9 Å². The van der Waals surface area contributed by atoms with Gasteiger partial charge in [0.1, 0.15) is 12.2 Å². The predicted octanol–water partition coefficient (Wildman–Crippen LogP) is 1.81. The number of aromatic amines is 1. The Hall–Kier alpha value is -1.82. The first-order chi connectivity index (χ1) is 9.20. The third-order valence-electron chi connectivity index (χ3n) is 2.80. The van der Waals surface area contributed by atoms with Crippen molar-refractivity contribution in [2.75, 3.05) is 12.8 Å². The van der Waals surface area contributed by atoms with Crippen LogP contribution in [0.2, 0.25) is 0 Å². The van der Waals surface area contributed by atoms with Crippen LogP contribution in [0.25, 0.3) is 0 Å². The summed E-state index contributed by atoms with van der Waals surface area (Å²) in [6.07, 6.45) is 4.10. The van der Waals surface area contributed by atoms with Gasteiger partial charge in [-0.2, -0.15) is 5.10 Å². The zero-order valence-corrected chi connectivity index (χ0v) is 11.8. The van der Waals surface area contributed by atoms with E-state index in [-0.39, 0.29) is 5.91 Å². The van der Waals surface area contributed by atoms with Crippen LogP contribution in [0.1, 0.15) is 21.7 Å². The van der Waals surface area contributed by atoms with Gasteiger partial charge in [-0.15, -0.1) is 11.8 Å². The third-order valence-corrected chi connectivity index (χ3v) is 3.53. The predicted molar refractivity (Wildman–Crippen MR) is 75.4 cm³/mol. The minimum Gasteiger partial charge on any atom is -0.352 e. The lowest BCUT2D eigenvalue weighted by Gasteiger charge is -2.08. The number of nitrogens with one attached hydrogen (secondary N) is 2. The summed E-state index contributed by atoms with van der Waals surface area (Å²) in [5, 5.41) is 9.42. The first-order valence-corrected chi connectivity index (χ1v) is 7.20. The molecule has 0 radical (unpaired) electrons. The minimum atomic E-state index is -0.0482. The minimum absolute atomic E-state index is 0.0482. The summed E-state index contributed by atoms with van der Waals surface area (Å²) >= 11 is 1.63. The largest absolute Gasteiger partial charge is 0.352 e. The van der Waals surface area contributed by atoms with Crippen LogP contribution in [-0.2, 0) is 6.42 Å². The SMILES string of the molecule is CSc1ccc(C)c(C(=O)NCCc2ncn[nH]2)c1. The molecule has 2 rings (SSSR count). The van der Waals surface area contributed by atoms with Gasteiger partial charge in [-0.1, -0.05) is 6.07 Å². The molecule has 19 heavy (non-hydrogen) atoms. The van der Waals surface area contributed by atoms with Gasteiger partial charge in [0, 0.05) is 23.4 Å². The maximum absolute atomic E-state index is 12.1. The van der Waals surface area contributed by atoms with Gasteiger partial charge in [-0.25, -0.2) is 4.98 Å². The molecule has 0 bridgehead atoms. The summed E-state index contributed by atoms with van der Waals surface area (Å²) in [6.45, 7) is 2.48. The van der Waals surface area contributed by atoms with Crippen LogP contribution in [0.5, 0.6) is 0 Å². The van der Waals surface area contributed by atoms with Crippen LogP contribution in [0.3, 0.4) is 0 Å². The summed E-state index contributed by atoms with van der Waals surface area (Å²) in [7, 11) is 0. The maximum atomic E-state index is 12.1. The maximum Gasteiger partial charge on any atom is 0.251 e. The Kier molecular flexibility index (Phi) is 4.57. The van der Waals surface area contributed by atoms with Gasteiger partial charge in [0.25, 0.3) is 5.91 Å². The molecular formula is C13H16N4OS. The molecule has 0 fully saturated rings. The van der Waals surface area contributed by atoms with Crippen LogP contribution in [0.15, 0.2) is 29.4 Å². The standard InChI is InChI=1S/C13H16N4OS/c1-9-3-4-10(19-2)7-11(9)13(18)14-6-5-12-15-8-16-17-12/h3-4,7-8H,5-6H2,1-2H3,(H,14,18)(H,15,16,17). The number of amides is 1. The molecule has 0 spiro atoms. The smallest absolute Gasteiger partial charge is 0.251 e. The molecule has 100 valence electrons. The Morgan fingerprint density at radius 3 is 3.00 bits per heavy atom. The first kappa shape index (κ1) is 13.6. The third kappa shape index (κ3) is 3.57. The molecule has 0 saturated heterocycles. The summed E-state index contributed by atoms with van der Waals surface area (Å²) < 4.78 is 0. The second kappa shape index (κ2) is 6.38. The van der Waals surface area contributed by atoms with Gasteiger partial charge in [0.15, 0.2) is 0 Å². The van der Waals surface area contributed by atoms with E-state index >= 15 is 0 Å². The molecule has 2 aromatic rings. The van der Waals surface area contributed by atoms with Crippen molar-refractivity contribution < 1.29 is 4.79 Å². The molecule has 0 aliphatic heterocycles. The number of hydrogen-bond donors (Lipinski definition) is 2. The lowest BCUT2D eigenvalue weighted by molar-refractivity contribution is 0.0953. The van der Waals surface area contributed by atoms with Gasteiger partial charge in [-0.3, -0.25) is 9.89 Å². The van der Waals surface area contributed by atoms with Crippen molar-refractivity contribution in [3.05, 3.63) is 41.5 Å². The molecule has 2 N–H and O–H groups in total. The molecule has 0 aliphatic carbocycles. The Morgan fingerprint density at radius 2 is 2.32 bits per heavy atom. The number of aromatic nitrogens is 3. The summed E-state index contributed by atoms with van der Waals surface area (Å²) in [5.41, 5.74) is 1.71. The van der Waals surface area contributed by atoms with Crippen molar-refractivity contribution >= 4 is 17.7 Å². The van der Waals surface area contributed by atoms with Gasteiger partial charge in [0.2, 0.25) is 0 Å². The zero-order valence-electron chi connectivity index (χ0n) is 10.9. The highest BCUT2D eigenvalue weighted by Gasteiger charge is 2.09. The number of benzene rings is 1. The number of carbonyl (C=O) groups is 1. The Morgan fingerprint density at radius 1 is 1.47 bits per heavy atom. The molecule has 0 saturated carbocycles. The number of carbonyl (C=O) groups excluding carboxylic acids is 1. The lowest BCUT2D eigenvalue weighted by Crippen LogP contribution is -2.26. The van der Waals surface area contributed by atoms with E-state index in [4.69, 9.17) is 0 Å². The van der Waals surface area contributed by atoms with Crippen molar-refractivity contribution in [2.24, 2.45) is 0 Å². The monoisotopic (exact) mass is 276 g/mol. The zero-order chi connectivity index (χ0) is 13.7. The van der Waals surface area contributed by atoms with E-state index in [0.717, 1.165) is 21.8 Å². The lowest BCUT2D eigenvalue weighted by atomic mass is 10.1. The highest BCUT2D eigenvalue weighted by atomic mass is 32.2. The van der Waals surface area contributed by atoms with Crippen molar-refractivity contribution in [2.45, 2.75) is 18.2 Å². The molecule has 0 aliphatic rings. The van der Waals surface area contributed by atoms with Crippen LogP contribution in [0, 0.1) is 6.92 Å². The van der Waals surface area contributed by atoms with E-state index in [2.05, 4.69) is 20.5 Å². The molecule has 5 nitrogen and oxygen atoms in total. The molecule has 1 aromatic heterocycles. The summed E-state index contributed by atoms with van der Waals surface area (Å²) in [5.74, 6) is 0.725. The number of hydrogen-bond acceptors (Lipinski definition) is 4. The van der Waals surface area contributed by atoms with Crippen molar-refractivity contribution in [1.29, 1.82) is 0 Å². The topological polar surface area (TPSA) is 70.7 Å². The van der Waals surface area contributed by atoms with Gasteiger partial charge >= 0.3 is 0 Å². The van der Waals surface area contributed by atoms with E-state index < -0.39 is 0 Å². The second-order valence-electron chi connectivity index (χ2n) is 4.12. The second-order valence-corrected chi connectivity index (χ2v) is 5.00. The molecule has 0 unspecified atom stereocenters. The van der Waals surface area contributed by atoms with E-state index in [1.165, 1.54) is 6.33 Å². The molecule has 1 heterocycles. The Labute approximate surface area is 116 Å².